The van der Waals surface area contributed by atoms with Gasteiger partial charge in [-0.05, 0) is 35.7 Å². The lowest BCUT2D eigenvalue weighted by Gasteiger charge is -2.20. The average molecular weight is 275 g/mol. The van der Waals surface area contributed by atoms with Crippen molar-refractivity contribution in [3.8, 4) is 11.1 Å². The van der Waals surface area contributed by atoms with Gasteiger partial charge in [-0.2, -0.15) is 0 Å². The molecule has 0 saturated carbocycles. The molecule has 0 atom stereocenters. The van der Waals surface area contributed by atoms with Gasteiger partial charge in [-0.1, -0.05) is 72.8 Å². The first kappa shape index (κ1) is 13.8. The van der Waals surface area contributed by atoms with Gasteiger partial charge in [0.25, 0.3) is 0 Å². The van der Waals surface area contributed by atoms with Crippen LogP contribution in [0.2, 0.25) is 0 Å². The first-order chi connectivity index (χ1) is 10.3. The van der Waals surface area contributed by atoms with E-state index in [1.54, 1.807) is 0 Å². The quantitative estimate of drug-likeness (QED) is 0.789. The van der Waals surface area contributed by atoms with E-state index in [9.17, 15) is 0 Å². The van der Waals surface area contributed by atoms with E-state index < -0.39 is 0 Å². The maximum atomic E-state index is 2.34. The van der Waals surface area contributed by atoms with Gasteiger partial charge in [-0.15, -0.1) is 0 Å². The molecule has 1 aliphatic heterocycles. The molecule has 0 N–H and O–H groups in total. The number of rotatable bonds is 3. The van der Waals surface area contributed by atoms with Crippen LogP contribution in [-0.4, -0.2) is 25.0 Å². The van der Waals surface area contributed by atoms with E-state index in [2.05, 4.69) is 84.8 Å². The SMILES string of the molecule is CN1CC=C(C=Cc2ccc(-c3ccccc3)cc2)CC1. The Balaban J connectivity index is 1.70. The molecule has 0 spiro atoms. The van der Waals surface area contributed by atoms with Gasteiger partial charge in [0, 0.05) is 13.1 Å². The van der Waals surface area contributed by atoms with Crippen LogP contribution in [0.3, 0.4) is 0 Å². The van der Waals surface area contributed by atoms with Gasteiger partial charge >= 0.3 is 0 Å². The molecular formula is C20H21N. The fraction of sp³-hybridized carbons (Fsp3) is 0.200. The highest BCUT2D eigenvalue weighted by atomic mass is 15.1. The van der Waals surface area contributed by atoms with Crippen LogP contribution in [0.1, 0.15) is 12.0 Å². The summed E-state index contributed by atoms with van der Waals surface area (Å²) in [4.78, 5) is 2.34. The minimum absolute atomic E-state index is 1.06. The van der Waals surface area contributed by atoms with E-state index in [0.29, 0.717) is 0 Å². The lowest BCUT2D eigenvalue weighted by molar-refractivity contribution is 0.361. The van der Waals surface area contributed by atoms with Gasteiger partial charge in [0.15, 0.2) is 0 Å². The second-order valence-electron chi connectivity index (χ2n) is 5.61. The topological polar surface area (TPSA) is 3.24 Å². The lowest BCUT2D eigenvalue weighted by atomic mass is 10.0. The lowest BCUT2D eigenvalue weighted by Crippen LogP contribution is -2.23. The van der Waals surface area contributed by atoms with E-state index in [1.807, 2.05) is 0 Å². The smallest absolute Gasteiger partial charge is 0.0165 e. The summed E-state index contributed by atoms with van der Waals surface area (Å²) in [5, 5.41) is 0. The fourth-order valence-electron chi connectivity index (χ4n) is 2.56. The van der Waals surface area contributed by atoms with Gasteiger partial charge in [0.2, 0.25) is 0 Å². The summed E-state index contributed by atoms with van der Waals surface area (Å²) in [6.07, 6.45) is 7.93. The van der Waals surface area contributed by atoms with Crippen molar-refractivity contribution in [3.63, 3.8) is 0 Å². The van der Waals surface area contributed by atoms with Gasteiger partial charge in [-0.3, -0.25) is 0 Å². The van der Waals surface area contributed by atoms with Crippen molar-refractivity contribution in [2.75, 3.05) is 20.1 Å². The first-order valence-electron chi connectivity index (χ1n) is 7.52. The van der Waals surface area contributed by atoms with Crippen molar-refractivity contribution in [2.24, 2.45) is 0 Å². The van der Waals surface area contributed by atoms with Crippen LogP contribution < -0.4 is 0 Å². The minimum atomic E-state index is 1.06. The molecular weight excluding hydrogens is 254 g/mol. The van der Waals surface area contributed by atoms with Crippen LogP contribution in [0.5, 0.6) is 0 Å². The minimum Gasteiger partial charge on any atom is -0.302 e. The third kappa shape index (κ3) is 3.71. The Morgan fingerprint density at radius 2 is 1.57 bits per heavy atom. The van der Waals surface area contributed by atoms with Crippen LogP contribution in [0.15, 0.2) is 72.3 Å². The molecule has 0 amide bonds. The largest absolute Gasteiger partial charge is 0.302 e. The third-order valence-electron chi connectivity index (χ3n) is 3.96. The van der Waals surface area contributed by atoms with E-state index >= 15 is 0 Å². The standard InChI is InChI=1S/C20H21N/c1-21-15-13-18(14-16-21)8-7-17-9-11-20(12-10-17)19-5-3-2-4-6-19/h2-13H,14-16H2,1H3. The molecule has 0 unspecified atom stereocenters. The highest BCUT2D eigenvalue weighted by Gasteiger charge is 2.04. The monoisotopic (exact) mass is 275 g/mol. The molecule has 1 nitrogen and oxygen atoms in total. The molecule has 0 aromatic heterocycles. The second kappa shape index (κ2) is 6.55. The Bertz CT molecular complexity index is 635. The normalized spacial score (nSPS) is 16.1. The molecule has 0 saturated heterocycles. The van der Waals surface area contributed by atoms with Crippen LogP contribution >= 0.6 is 0 Å². The number of allylic oxidation sites excluding steroid dienone is 1. The summed E-state index contributed by atoms with van der Waals surface area (Å²) < 4.78 is 0. The van der Waals surface area contributed by atoms with E-state index in [0.717, 1.165) is 19.5 Å². The number of nitrogens with zero attached hydrogens (tertiary/aromatic N) is 1. The number of likely N-dealkylation sites (N-methyl/N-ethyl adjacent to an activating group) is 1. The molecule has 0 fully saturated rings. The van der Waals surface area contributed by atoms with Gasteiger partial charge in [0.05, 0.1) is 0 Å². The molecule has 1 heteroatoms. The Labute approximate surface area is 127 Å². The van der Waals surface area contributed by atoms with Crippen molar-refractivity contribution >= 4 is 6.08 Å². The zero-order valence-electron chi connectivity index (χ0n) is 12.5. The Morgan fingerprint density at radius 1 is 0.857 bits per heavy atom. The van der Waals surface area contributed by atoms with Crippen LogP contribution in [0.4, 0.5) is 0 Å². The molecule has 21 heavy (non-hydrogen) atoms. The molecule has 1 heterocycles. The Morgan fingerprint density at radius 3 is 2.24 bits per heavy atom. The zero-order chi connectivity index (χ0) is 14.5. The molecule has 2 aromatic rings. The fourth-order valence-corrected chi connectivity index (χ4v) is 2.56. The summed E-state index contributed by atoms with van der Waals surface area (Å²) in [6.45, 7) is 2.22. The molecule has 0 aliphatic carbocycles. The van der Waals surface area contributed by atoms with Crippen molar-refractivity contribution < 1.29 is 0 Å². The van der Waals surface area contributed by atoms with E-state index in [4.69, 9.17) is 0 Å². The van der Waals surface area contributed by atoms with Gasteiger partial charge < -0.3 is 4.90 Å². The molecule has 106 valence electrons. The summed E-state index contributed by atoms with van der Waals surface area (Å²) in [7, 11) is 2.17. The second-order valence-corrected chi connectivity index (χ2v) is 5.61. The average Bonchev–Trinajstić information content (AvgIpc) is 2.56. The van der Waals surface area contributed by atoms with Crippen LogP contribution in [0, 0.1) is 0 Å². The third-order valence-corrected chi connectivity index (χ3v) is 3.96. The van der Waals surface area contributed by atoms with Crippen molar-refractivity contribution in [1.82, 2.24) is 4.90 Å². The number of benzene rings is 2. The predicted octanol–water partition coefficient (Wildman–Crippen LogP) is 4.63. The maximum Gasteiger partial charge on any atom is 0.0165 e. The highest BCUT2D eigenvalue weighted by molar-refractivity contribution is 5.66. The summed E-state index contributed by atoms with van der Waals surface area (Å²) in [5.74, 6) is 0. The molecule has 2 aromatic carbocycles. The molecule has 3 rings (SSSR count). The first-order valence-corrected chi connectivity index (χ1v) is 7.52. The summed E-state index contributed by atoms with van der Waals surface area (Å²) in [6, 6.07) is 19.3. The van der Waals surface area contributed by atoms with E-state index in [1.165, 1.54) is 22.3 Å². The Hall–Kier alpha value is -2.12. The predicted molar refractivity (Wildman–Crippen MR) is 91.1 cm³/mol. The van der Waals surface area contributed by atoms with Gasteiger partial charge in [-0.25, -0.2) is 0 Å². The van der Waals surface area contributed by atoms with Crippen LogP contribution in [0.25, 0.3) is 17.2 Å². The highest BCUT2D eigenvalue weighted by Crippen LogP contribution is 2.20. The zero-order valence-corrected chi connectivity index (χ0v) is 12.5. The van der Waals surface area contributed by atoms with Crippen molar-refractivity contribution in [3.05, 3.63) is 77.9 Å². The van der Waals surface area contributed by atoms with Gasteiger partial charge in [0.1, 0.15) is 0 Å². The summed E-state index contributed by atoms with van der Waals surface area (Å²) in [5.41, 5.74) is 5.24. The number of hydrogen-bond acceptors (Lipinski definition) is 1. The van der Waals surface area contributed by atoms with Crippen LogP contribution in [-0.2, 0) is 0 Å². The van der Waals surface area contributed by atoms with Crippen molar-refractivity contribution in [2.45, 2.75) is 6.42 Å². The summed E-state index contributed by atoms with van der Waals surface area (Å²) >= 11 is 0. The maximum absolute atomic E-state index is 2.34. The number of hydrogen-bond donors (Lipinski definition) is 0. The molecule has 0 bridgehead atoms. The Kier molecular flexibility index (Phi) is 4.32. The molecule has 0 radical (unpaired) electrons. The van der Waals surface area contributed by atoms with E-state index in [-0.39, 0.29) is 0 Å². The van der Waals surface area contributed by atoms with Crippen molar-refractivity contribution in [1.29, 1.82) is 0 Å². The molecule has 1 aliphatic rings.